The molecule has 1 saturated carbocycles. The molecule has 0 aromatic heterocycles. The number of likely N-dealkylation sites (tertiary alicyclic amines) is 1. The van der Waals surface area contributed by atoms with Crippen LogP contribution in [0.25, 0.3) is 0 Å². The number of amides is 1. The summed E-state index contributed by atoms with van der Waals surface area (Å²) in [6.45, 7) is 2.27. The molecule has 2 aromatic carbocycles. The molecule has 1 amide bonds. The smallest absolute Gasteiger partial charge is 0.233 e. The van der Waals surface area contributed by atoms with Gasteiger partial charge >= 0.3 is 0 Å². The molecule has 3 atom stereocenters. The Morgan fingerprint density at radius 3 is 2.66 bits per heavy atom. The first-order chi connectivity index (χ1) is 15.5. The van der Waals surface area contributed by atoms with Crippen LogP contribution in [0.3, 0.4) is 0 Å². The van der Waals surface area contributed by atoms with Crippen molar-refractivity contribution in [2.45, 2.75) is 37.2 Å². The van der Waals surface area contributed by atoms with Crippen LogP contribution in [0.2, 0.25) is 5.02 Å². The molecule has 32 heavy (non-hydrogen) atoms. The largest absolute Gasteiger partial charge is 0.490 e. The van der Waals surface area contributed by atoms with Crippen LogP contribution >= 0.6 is 11.6 Å². The predicted octanol–water partition coefficient (Wildman–Crippen LogP) is 4.98. The van der Waals surface area contributed by atoms with Gasteiger partial charge in [-0.05, 0) is 61.4 Å². The summed E-state index contributed by atoms with van der Waals surface area (Å²) < 4.78 is 39.2. The van der Waals surface area contributed by atoms with Crippen LogP contribution in [0, 0.1) is 23.5 Å². The number of fused-ring (bicyclic) bond motifs is 1. The second-order valence-corrected chi connectivity index (χ2v) is 9.56. The van der Waals surface area contributed by atoms with Gasteiger partial charge in [0.05, 0.1) is 10.4 Å². The van der Waals surface area contributed by atoms with E-state index in [1.54, 1.807) is 12.1 Å². The highest BCUT2D eigenvalue weighted by atomic mass is 35.5. The SMILES string of the molecule is O=C(N1C[C@@H]2CC[C@H](Oc3ccc(F)c(Cl)c3)[C@@H]2C1)C1(c2cccc(F)c2)CCOCC1. The van der Waals surface area contributed by atoms with Crippen LogP contribution < -0.4 is 4.74 Å². The predicted molar refractivity (Wildman–Crippen MR) is 117 cm³/mol. The minimum absolute atomic E-state index is 0.0387. The minimum atomic E-state index is -0.750. The van der Waals surface area contributed by atoms with Gasteiger partial charge in [0, 0.05) is 38.3 Å². The maximum Gasteiger partial charge on any atom is 0.233 e. The van der Waals surface area contributed by atoms with Crippen LogP contribution in [-0.2, 0) is 14.9 Å². The molecule has 5 rings (SSSR count). The third-order valence-electron chi connectivity index (χ3n) is 7.39. The molecule has 2 aromatic rings. The molecular weight excluding hydrogens is 436 g/mol. The highest BCUT2D eigenvalue weighted by Gasteiger charge is 2.50. The van der Waals surface area contributed by atoms with Crippen molar-refractivity contribution in [3.8, 4) is 5.75 Å². The van der Waals surface area contributed by atoms with Gasteiger partial charge in [-0.3, -0.25) is 4.79 Å². The number of rotatable bonds is 4. The van der Waals surface area contributed by atoms with Gasteiger partial charge in [0.25, 0.3) is 0 Å². The molecular formula is C25H26ClF2NO3. The maximum absolute atomic E-state index is 14.0. The van der Waals surface area contributed by atoms with Crippen LogP contribution in [0.5, 0.6) is 5.75 Å². The lowest BCUT2D eigenvalue weighted by Gasteiger charge is -2.39. The molecule has 170 valence electrons. The van der Waals surface area contributed by atoms with Crippen molar-refractivity contribution < 1.29 is 23.0 Å². The number of carbonyl (C=O) groups excluding carboxylic acids is 1. The number of benzene rings is 2. The average molecular weight is 462 g/mol. The van der Waals surface area contributed by atoms with Gasteiger partial charge in [0.2, 0.25) is 5.91 Å². The zero-order valence-corrected chi connectivity index (χ0v) is 18.5. The number of carbonyl (C=O) groups is 1. The summed E-state index contributed by atoms with van der Waals surface area (Å²) in [5.74, 6) is 0.388. The second-order valence-electron chi connectivity index (χ2n) is 9.15. The van der Waals surface area contributed by atoms with Crippen LogP contribution in [-0.4, -0.2) is 43.2 Å². The van der Waals surface area contributed by atoms with Crippen molar-refractivity contribution in [1.29, 1.82) is 0 Å². The fourth-order valence-corrected chi connectivity index (χ4v) is 5.86. The highest BCUT2D eigenvalue weighted by molar-refractivity contribution is 6.30. The standard InChI is InChI=1S/C25H26ClF2NO3/c26-21-13-19(5-6-22(21)28)32-23-7-4-16-14-29(15-20(16)23)24(30)25(8-10-31-11-9-25)17-2-1-3-18(27)12-17/h1-3,5-6,12-13,16,20,23H,4,7-11,14-15H2/t16-,20+,23-/m0/s1. The molecule has 2 aliphatic heterocycles. The summed E-state index contributed by atoms with van der Waals surface area (Å²) in [6, 6.07) is 10.8. The zero-order valence-electron chi connectivity index (χ0n) is 17.7. The molecule has 2 heterocycles. The number of hydrogen-bond donors (Lipinski definition) is 0. The first-order valence-corrected chi connectivity index (χ1v) is 11.6. The summed E-state index contributed by atoms with van der Waals surface area (Å²) in [5.41, 5.74) is -0.0172. The monoisotopic (exact) mass is 461 g/mol. The van der Waals surface area contributed by atoms with E-state index in [2.05, 4.69) is 0 Å². The normalized spacial score (nSPS) is 26.7. The summed E-state index contributed by atoms with van der Waals surface area (Å²) >= 11 is 5.90. The number of halogens is 3. The van der Waals surface area contributed by atoms with Crippen LogP contribution in [0.1, 0.15) is 31.2 Å². The lowest BCUT2D eigenvalue weighted by Crippen LogP contribution is -2.49. The van der Waals surface area contributed by atoms with E-state index in [1.807, 2.05) is 11.0 Å². The molecule has 7 heteroatoms. The van der Waals surface area contributed by atoms with Crippen molar-refractivity contribution in [3.63, 3.8) is 0 Å². The Balaban J connectivity index is 1.34. The molecule has 3 aliphatic rings. The van der Waals surface area contributed by atoms with Gasteiger partial charge in [0.15, 0.2) is 0 Å². The first-order valence-electron chi connectivity index (χ1n) is 11.2. The van der Waals surface area contributed by atoms with Crippen molar-refractivity contribution in [2.75, 3.05) is 26.3 Å². The Kier molecular flexibility index (Phi) is 5.84. The van der Waals surface area contributed by atoms with E-state index in [9.17, 15) is 13.6 Å². The summed E-state index contributed by atoms with van der Waals surface area (Å²) in [7, 11) is 0. The summed E-state index contributed by atoms with van der Waals surface area (Å²) in [4.78, 5) is 15.8. The van der Waals surface area contributed by atoms with Crippen molar-refractivity contribution in [1.82, 2.24) is 4.90 Å². The second kappa shape index (κ2) is 8.64. The Labute approximate surface area is 191 Å². The molecule has 0 unspecified atom stereocenters. The Morgan fingerprint density at radius 1 is 1.09 bits per heavy atom. The Morgan fingerprint density at radius 2 is 1.91 bits per heavy atom. The van der Waals surface area contributed by atoms with Crippen LogP contribution in [0.15, 0.2) is 42.5 Å². The Hall–Kier alpha value is -2.18. The molecule has 0 bridgehead atoms. The first kappa shape index (κ1) is 21.7. The third kappa shape index (κ3) is 3.88. The summed E-state index contributed by atoms with van der Waals surface area (Å²) in [6.07, 6.45) is 2.93. The van der Waals surface area contributed by atoms with Gasteiger partial charge in [-0.2, -0.15) is 0 Å². The Bertz CT molecular complexity index is 1010. The molecule has 1 aliphatic carbocycles. The topological polar surface area (TPSA) is 38.8 Å². The van der Waals surface area contributed by atoms with E-state index in [0.29, 0.717) is 50.8 Å². The molecule has 0 radical (unpaired) electrons. The van der Waals surface area contributed by atoms with Crippen LogP contribution in [0.4, 0.5) is 8.78 Å². The lowest BCUT2D eigenvalue weighted by atomic mass is 9.73. The minimum Gasteiger partial charge on any atom is -0.490 e. The van der Waals surface area contributed by atoms with Gasteiger partial charge < -0.3 is 14.4 Å². The summed E-state index contributed by atoms with van der Waals surface area (Å²) in [5, 5.41) is 0.0387. The molecule has 0 spiro atoms. The number of hydrogen-bond acceptors (Lipinski definition) is 3. The lowest BCUT2D eigenvalue weighted by molar-refractivity contribution is -0.140. The number of ether oxygens (including phenoxy) is 2. The third-order valence-corrected chi connectivity index (χ3v) is 7.68. The molecule has 0 N–H and O–H groups in total. The van der Waals surface area contributed by atoms with Gasteiger partial charge in [0.1, 0.15) is 23.5 Å². The quantitative estimate of drug-likeness (QED) is 0.644. The van der Waals surface area contributed by atoms with E-state index >= 15 is 0 Å². The van der Waals surface area contributed by atoms with Gasteiger partial charge in [-0.25, -0.2) is 8.78 Å². The van der Waals surface area contributed by atoms with Gasteiger partial charge in [-0.15, -0.1) is 0 Å². The zero-order chi connectivity index (χ0) is 22.3. The molecule has 4 nitrogen and oxygen atoms in total. The highest BCUT2D eigenvalue weighted by Crippen LogP contribution is 2.44. The van der Waals surface area contributed by atoms with E-state index in [0.717, 1.165) is 18.4 Å². The van der Waals surface area contributed by atoms with E-state index in [1.165, 1.54) is 24.3 Å². The fourth-order valence-electron chi connectivity index (χ4n) is 5.69. The fraction of sp³-hybridized carbons (Fsp3) is 0.480. The molecule has 3 fully saturated rings. The number of nitrogens with zero attached hydrogens (tertiary/aromatic N) is 1. The van der Waals surface area contributed by atoms with Crippen molar-refractivity contribution >= 4 is 17.5 Å². The molecule has 2 saturated heterocycles. The average Bonchev–Trinajstić information content (AvgIpc) is 3.38. The van der Waals surface area contributed by atoms with E-state index in [4.69, 9.17) is 21.1 Å². The van der Waals surface area contributed by atoms with Crippen molar-refractivity contribution in [2.24, 2.45) is 11.8 Å². The van der Waals surface area contributed by atoms with E-state index in [-0.39, 0.29) is 28.8 Å². The maximum atomic E-state index is 14.0. The van der Waals surface area contributed by atoms with E-state index < -0.39 is 11.2 Å². The van der Waals surface area contributed by atoms with Gasteiger partial charge in [-0.1, -0.05) is 23.7 Å². The van der Waals surface area contributed by atoms with Crippen molar-refractivity contribution in [3.05, 3.63) is 64.7 Å².